The minimum absolute atomic E-state index is 0.0359. The highest BCUT2D eigenvalue weighted by Gasteiger charge is 2.42. The molecule has 2 unspecified atom stereocenters. The van der Waals surface area contributed by atoms with Gasteiger partial charge in [-0.2, -0.15) is 0 Å². The Bertz CT molecular complexity index is 993. The zero-order valence-corrected chi connectivity index (χ0v) is 14.8. The number of nitrogens with zero attached hydrogens (tertiary/aromatic N) is 3. The van der Waals surface area contributed by atoms with E-state index in [9.17, 15) is 14.7 Å². The molecule has 4 rings (SSSR count). The first-order valence-corrected chi connectivity index (χ1v) is 8.96. The van der Waals surface area contributed by atoms with Crippen molar-refractivity contribution in [1.29, 1.82) is 0 Å². The average molecular weight is 381 g/mol. The maximum Gasteiger partial charge on any atom is 0.338 e. The summed E-state index contributed by atoms with van der Waals surface area (Å²) in [5, 5.41) is 14.8. The number of pyridine rings is 2. The molecule has 1 aliphatic heterocycles. The molecule has 0 saturated carbocycles. The summed E-state index contributed by atoms with van der Waals surface area (Å²) in [7, 11) is 0. The summed E-state index contributed by atoms with van der Waals surface area (Å²) in [5.74, 6) is -1.36. The van der Waals surface area contributed by atoms with Crippen LogP contribution in [-0.4, -0.2) is 27.0 Å². The third-order valence-electron chi connectivity index (χ3n) is 4.29. The first-order valence-electron chi connectivity index (χ1n) is 8.08. The van der Waals surface area contributed by atoms with E-state index in [0.29, 0.717) is 17.2 Å². The molecule has 0 aliphatic carbocycles. The fourth-order valence-corrected chi connectivity index (χ4v) is 3.99. The SMILES string of the molecule is NC(=O)C(c1ccccn1)N1c2c(C(=O)O)ccnc2NC1c1cccs1. The Hall–Kier alpha value is -3.46. The number of amides is 1. The third kappa shape index (κ3) is 2.87. The zero-order chi connectivity index (χ0) is 19.0. The van der Waals surface area contributed by atoms with Crippen molar-refractivity contribution in [1.82, 2.24) is 9.97 Å². The summed E-state index contributed by atoms with van der Waals surface area (Å²) < 4.78 is 0. The van der Waals surface area contributed by atoms with E-state index < -0.39 is 24.1 Å². The Morgan fingerprint density at radius 2 is 2.04 bits per heavy atom. The summed E-state index contributed by atoms with van der Waals surface area (Å²) in [6.45, 7) is 0. The molecule has 136 valence electrons. The van der Waals surface area contributed by atoms with Gasteiger partial charge in [-0.15, -0.1) is 11.3 Å². The van der Waals surface area contributed by atoms with E-state index in [4.69, 9.17) is 5.73 Å². The largest absolute Gasteiger partial charge is 0.478 e. The van der Waals surface area contributed by atoms with Crippen LogP contribution >= 0.6 is 11.3 Å². The fraction of sp³-hybridized carbons (Fsp3) is 0.111. The van der Waals surface area contributed by atoms with Crippen molar-refractivity contribution in [3.63, 3.8) is 0 Å². The van der Waals surface area contributed by atoms with Gasteiger partial charge in [-0.05, 0) is 29.6 Å². The van der Waals surface area contributed by atoms with Gasteiger partial charge >= 0.3 is 5.97 Å². The number of thiophene rings is 1. The lowest BCUT2D eigenvalue weighted by molar-refractivity contribution is -0.119. The number of carbonyl (C=O) groups is 2. The zero-order valence-electron chi connectivity index (χ0n) is 13.9. The molecule has 9 heteroatoms. The molecule has 4 heterocycles. The number of hydrogen-bond acceptors (Lipinski definition) is 7. The van der Waals surface area contributed by atoms with Crippen LogP contribution in [0.25, 0.3) is 0 Å². The second kappa shape index (κ2) is 6.69. The Balaban J connectivity index is 1.94. The quantitative estimate of drug-likeness (QED) is 0.620. The molecule has 0 saturated heterocycles. The smallest absolute Gasteiger partial charge is 0.338 e. The normalized spacial score (nSPS) is 16.4. The maximum atomic E-state index is 12.4. The average Bonchev–Trinajstić information content (AvgIpc) is 3.30. The number of anilines is 2. The molecular formula is C18H15N5O3S. The van der Waals surface area contributed by atoms with E-state index in [0.717, 1.165) is 4.88 Å². The second-order valence-electron chi connectivity index (χ2n) is 5.89. The lowest BCUT2D eigenvalue weighted by atomic mass is 10.1. The predicted molar refractivity (Wildman–Crippen MR) is 101 cm³/mol. The lowest BCUT2D eigenvalue weighted by Crippen LogP contribution is -2.40. The molecule has 8 nitrogen and oxygen atoms in total. The Kier molecular flexibility index (Phi) is 4.21. The fourth-order valence-electron chi connectivity index (χ4n) is 3.22. The van der Waals surface area contributed by atoms with Crippen molar-refractivity contribution >= 4 is 34.7 Å². The number of carboxylic acids is 1. The van der Waals surface area contributed by atoms with Crippen LogP contribution in [0, 0.1) is 0 Å². The van der Waals surface area contributed by atoms with Crippen LogP contribution in [0.3, 0.4) is 0 Å². The summed E-state index contributed by atoms with van der Waals surface area (Å²) >= 11 is 1.48. The Morgan fingerprint density at radius 3 is 2.67 bits per heavy atom. The molecule has 3 aromatic heterocycles. The van der Waals surface area contributed by atoms with E-state index >= 15 is 0 Å². The maximum absolute atomic E-state index is 12.4. The van der Waals surface area contributed by atoms with Gasteiger partial charge < -0.3 is 21.1 Å². The van der Waals surface area contributed by atoms with Gasteiger partial charge in [0.1, 0.15) is 6.17 Å². The number of carboxylic acid groups (broad SMARTS) is 1. The van der Waals surface area contributed by atoms with Gasteiger partial charge in [0.05, 0.1) is 16.9 Å². The number of carbonyl (C=O) groups excluding carboxylic acids is 1. The van der Waals surface area contributed by atoms with Crippen molar-refractivity contribution < 1.29 is 14.7 Å². The summed E-state index contributed by atoms with van der Waals surface area (Å²) in [6.07, 6.45) is 2.49. The van der Waals surface area contributed by atoms with E-state index in [1.165, 1.54) is 23.6 Å². The van der Waals surface area contributed by atoms with Crippen LogP contribution in [0.5, 0.6) is 0 Å². The summed E-state index contributed by atoms with van der Waals surface area (Å²) in [4.78, 5) is 35.3. The summed E-state index contributed by atoms with van der Waals surface area (Å²) in [6, 6.07) is 9.41. The highest BCUT2D eigenvalue weighted by Crippen LogP contribution is 2.47. The van der Waals surface area contributed by atoms with Gasteiger partial charge in [0, 0.05) is 17.3 Å². The lowest BCUT2D eigenvalue weighted by Gasteiger charge is -2.32. The molecule has 0 fully saturated rings. The van der Waals surface area contributed by atoms with Gasteiger partial charge in [-0.1, -0.05) is 12.1 Å². The van der Waals surface area contributed by atoms with Crippen LogP contribution in [0.2, 0.25) is 0 Å². The number of nitrogens with two attached hydrogens (primary N) is 1. The Morgan fingerprint density at radius 1 is 1.19 bits per heavy atom. The first-order chi connectivity index (χ1) is 13.1. The highest BCUT2D eigenvalue weighted by atomic mass is 32.1. The molecule has 0 radical (unpaired) electrons. The van der Waals surface area contributed by atoms with Gasteiger partial charge in [-0.3, -0.25) is 9.78 Å². The molecular weight excluding hydrogens is 366 g/mol. The molecule has 1 aliphatic rings. The molecule has 27 heavy (non-hydrogen) atoms. The molecule has 3 aromatic rings. The van der Waals surface area contributed by atoms with Crippen LogP contribution in [0.15, 0.2) is 54.2 Å². The number of rotatable bonds is 5. The van der Waals surface area contributed by atoms with Crippen molar-refractivity contribution in [3.8, 4) is 0 Å². The van der Waals surface area contributed by atoms with Crippen molar-refractivity contribution in [2.45, 2.75) is 12.2 Å². The number of fused-ring (bicyclic) bond motifs is 1. The monoisotopic (exact) mass is 381 g/mol. The number of nitrogens with one attached hydrogen (secondary N) is 1. The Labute approximate surface area is 158 Å². The van der Waals surface area contributed by atoms with Crippen molar-refractivity contribution in [3.05, 3.63) is 70.3 Å². The number of hydrogen-bond donors (Lipinski definition) is 3. The standard InChI is InChI=1S/C18H15N5O3S/c19-15(24)14(11-4-1-2-7-20-11)23-13-10(18(25)26)6-8-21-16(13)22-17(23)12-5-3-9-27-12/h1-9,14,17H,(H2,19,24)(H,21,22)(H,25,26). The van der Waals surface area contributed by atoms with E-state index in [2.05, 4.69) is 15.3 Å². The van der Waals surface area contributed by atoms with Gasteiger partial charge in [0.2, 0.25) is 5.91 Å². The molecule has 0 spiro atoms. The minimum Gasteiger partial charge on any atom is -0.478 e. The van der Waals surface area contributed by atoms with E-state index in [1.807, 2.05) is 17.5 Å². The van der Waals surface area contributed by atoms with Gasteiger partial charge in [-0.25, -0.2) is 9.78 Å². The molecule has 1 amide bonds. The van der Waals surface area contributed by atoms with Crippen LogP contribution in [-0.2, 0) is 4.79 Å². The number of aromatic nitrogens is 2. The molecule has 0 aromatic carbocycles. The van der Waals surface area contributed by atoms with Crippen molar-refractivity contribution in [2.24, 2.45) is 5.73 Å². The minimum atomic E-state index is -1.11. The van der Waals surface area contributed by atoms with Crippen LogP contribution in [0.4, 0.5) is 11.5 Å². The third-order valence-corrected chi connectivity index (χ3v) is 5.22. The topological polar surface area (TPSA) is 121 Å². The number of primary amides is 1. The molecule has 4 N–H and O–H groups in total. The highest BCUT2D eigenvalue weighted by molar-refractivity contribution is 7.10. The van der Waals surface area contributed by atoms with Crippen LogP contribution < -0.4 is 16.0 Å². The van der Waals surface area contributed by atoms with Crippen molar-refractivity contribution in [2.75, 3.05) is 10.2 Å². The predicted octanol–water partition coefficient (Wildman–Crippen LogP) is 2.39. The van der Waals surface area contributed by atoms with E-state index in [-0.39, 0.29) is 5.56 Å². The molecule has 2 atom stereocenters. The van der Waals surface area contributed by atoms with Gasteiger partial charge in [0.25, 0.3) is 0 Å². The second-order valence-corrected chi connectivity index (χ2v) is 6.87. The first kappa shape index (κ1) is 17.0. The van der Waals surface area contributed by atoms with Crippen LogP contribution in [0.1, 0.15) is 33.1 Å². The molecule has 0 bridgehead atoms. The van der Waals surface area contributed by atoms with E-state index in [1.54, 1.807) is 29.3 Å². The van der Waals surface area contributed by atoms with Gasteiger partial charge in [0.15, 0.2) is 11.9 Å². The summed E-state index contributed by atoms with van der Waals surface area (Å²) in [5.41, 5.74) is 6.52. The number of aromatic carboxylic acids is 1.